The second-order valence-corrected chi connectivity index (χ2v) is 6.78. The van der Waals surface area contributed by atoms with Crippen molar-refractivity contribution in [2.24, 2.45) is 16.2 Å². The summed E-state index contributed by atoms with van der Waals surface area (Å²) in [7, 11) is 0. The van der Waals surface area contributed by atoms with E-state index in [4.69, 9.17) is 4.42 Å². The summed E-state index contributed by atoms with van der Waals surface area (Å²) in [5, 5.41) is 2.76. The van der Waals surface area contributed by atoms with Crippen LogP contribution in [0, 0.1) is 16.2 Å². The molecule has 1 N–H and O–H groups in total. The van der Waals surface area contributed by atoms with Crippen molar-refractivity contribution >= 4 is 17.5 Å². The summed E-state index contributed by atoms with van der Waals surface area (Å²) in [6.45, 7) is 5.74. The maximum absolute atomic E-state index is 12.7. The number of fused-ring (bicyclic) bond motifs is 2. The molecule has 21 heavy (non-hydrogen) atoms. The number of Topliss-reactive ketones (excluding diaryl/α,β-unsaturated/α-hetero) is 2. The number of nitrogens with one attached hydrogen (secondary N) is 1. The molecule has 0 saturated heterocycles. The number of hydrogen-bond acceptors (Lipinski definition) is 4. The van der Waals surface area contributed by atoms with Gasteiger partial charge in [0.25, 0.3) is 0 Å². The van der Waals surface area contributed by atoms with Crippen molar-refractivity contribution in [1.29, 1.82) is 0 Å². The van der Waals surface area contributed by atoms with E-state index < -0.39 is 27.8 Å². The van der Waals surface area contributed by atoms with Gasteiger partial charge in [-0.1, -0.05) is 20.8 Å². The van der Waals surface area contributed by atoms with E-state index in [0.29, 0.717) is 18.6 Å². The Morgan fingerprint density at radius 2 is 1.95 bits per heavy atom. The summed E-state index contributed by atoms with van der Waals surface area (Å²) < 4.78 is 5.18. The first-order valence-electron chi connectivity index (χ1n) is 7.17. The van der Waals surface area contributed by atoms with Crippen molar-refractivity contribution in [1.82, 2.24) is 5.32 Å². The zero-order chi connectivity index (χ0) is 15.5. The lowest BCUT2D eigenvalue weighted by molar-refractivity contribution is -0.149. The predicted octanol–water partition coefficient (Wildman–Crippen LogP) is 1.86. The normalized spacial score (nSPS) is 33.5. The molecule has 5 heteroatoms. The molecule has 1 amide bonds. The third kappa shape index (κ3) is 1.44. The van der Waals surface area contributed by atoms with Crippen LogP contribution in [-0.4, -0.2) is 17.5 Å². The van der Waals surface area contributed by atoms with Gasteiger partial charge in [0.05, 0.1) is 12.8 Å². The quantitative estimate of drug-likeness (QED) is 0.680. The van der Waals surface area contributed by atoms with E-state index in [0.717, 1.165) is 0 Å². The highest BCUT2D eigenvalue weighted by Crippen LogP contribution is 2.68. The SMILES string of the molecule is CC12CCC(C(=O)NCc3ccco3)(C(=O)C1=O)C2(C)C. The highest BCUT2D eigenvalue weighted by molar-refractivity contribution is 6.48. The second kappa shape index (κ2) is 4.06. The van der Waals surface area contributed by atoms with Crippen molar-refractivity contribution in [2.75, 3.05) is 0 Å². The maximum Gasteiger partial charge on any atom is 0.235 e. The molecule has 2 aliphatic carbocycles. The molecule has 0 aromatic carbocycles. The van der Waals surface area contributed by atoms with Gasteiger partial charge in [0, 0.05) is 5.41 Å². The Hall–Kier alpha value is -1.91. The minimum absolute atomic E-state index is 0.224. The Morgan fingerprint density at radius 1 is 1.24 bits per heavy atom. The molecule has 1 aromatic heterocycles. The monoisotopic (exact) mass is 289 g/mol. The minimum atomic E-state index is -1.23. The minimum Gasteiger partial charge on any atom is -0.467 e. The Kier molecular flexibility index (Phi) is 2.71. The fraction of sp³-hybridized carbons (Fsp3) is 0.562. The molecule has 0 radical (unpaired) electrons. The van der Waals surface area contributed by atoms with E-state index in [9.17, 15) is 14.4 Å². The molecule has 5 nitrogen and oxygen atoms in total. The number of hydrogen-bond donors (Lipinski definition) is 1. The van der Waals surface area contributed by atoms with Crippen molar-refractivity contribution in [3.63, 3.8) is 0 Å². The van der Waals surface area contributed by atoms with E-state index in [1.54, 1.807) is 12.1 Å². The first kappa shape index (κ1) is 14.0. The van der Waals surface area contributed by atoms with Gasteiger partial charge in [-0.05, 0) is 30.4 Å². The Bertz CT molecular complexity index is 631. The maximum atomic E-state index is 12.7. The number of ketones is 2. The molecule has 2 unspecified atom stereocenters. The van der Waals surface area contributed by atoms with Gasteiger partial charge < -0.3 is 9.73 Å². The second-order valence-electron chi connectivity index (χ2n) is 6.78. The lowest BCUT2D eigenvalue weighted by Gasteiger charge is -2.37. The Labute approximate surface area is 123 Å². The van der Waals surface area contributed by atoms with Crippen LogP contribution < -0.4 is 5.32 Å². The van der Waals surface area contributed by atoms with Gasteiger partial charge in [0.2, 0.25) is 17.5 Å². The van der Waals surface area contributed by atoms with E-state index in [2.05, 4.69) is 5.32 Å². The number of furan rings is 1. The number of rotatable bonds is 3. The zero-order valence-electron chi connectivity index (χ0n) is 12.5. The molecule has 1 aromatic rings. The van der Waals surface area contributed by atoms with Gasteiger partial charge in [0.1, 0.15) is 11.2 Å². The Morgan fingerprint density at radius 3 is 2.48 bits per heavy atom. The smallest absolute Gasteiger partial charge is 0.235 e. The van der Waals surface area contributed by atoms with Crippen LogP contribution in [0.25, 0.3) is 0 Å². The summed E-state index contributed by atoms with van der Waals surface area (Å²) in [4.78, 5) is 37.5. The summed E-state index contributed by atoms with van der Waals surface area (Å²) in [6.07, 6.45) is 2.55. The van der Waals surface area contributed by atoms with Crippen molar-refractivity contribution in [3.8, 4) is 0 Å². The first-order chi connectivity index (χ1) is 9.77. The molecular formula is C16H19NO4. The molecule has 0 spiro atoms. The zero-order valence-corrected chi connectivity index (χ0v) is 12.5. The highest BCUT2D eigenvalue weighted by atomic mass is 16.3. The van der Waals surface area contributed by atoms with Crippen molar-refractivity contribution in [2.45, 2.75) is 40.2 Å². The van der Waals surface area contributed by atoms with Gasteiger partial charge in [-0.2, -0.15) is 0 Å². The fourth-order valence-corrected chi connectivity index (χ4v) is 4.00. The van der Waals surface area contributed by atoms with E-state index in [1.165, 1.54) is 6.26 Å². The first-order valence-corrected chi connectivity index (χ1v) is 7.17. The third-order valence-electron chi connectivity index (χ3n) is 5.93. The van der Waals surface area contributed by atoms with Crippen LogP contribution >= 0.6 is 0 Å². The molecule has 3 rings (SSSR count). The summed E-state index contributed by atoms with van der Waals surface area (Å²) in [5.41, 5.74) is -2.63. The van der Waals surface area contributed by atoms with Crippen LogP contribution in [0.5, 0.6) is 0 Å². The van der Waals surface area contributed by atoms with E-state index >= 15 is 0 Å². The van der Waals surface area contributed by atoms with Crippen LogP contribution in [0.2, 0.25) is 0 Å². The predicted molar refractivity (Wildman–Crippen MR) is 74.1 cm³/mol. The summed E-state index contributed by atoms with van der Waals surface area (Å²) >= 11 is 0. The molecule has 2 atom stereocenters. The van der Waals surface area contributed by atoms with Gasteiger partial charge in [0.15, 0.2) is 0 Å². The largest absolute Gasteiger partial charge is 0.467 e. The van der Waals surface area contributed by atoms with Gasteiger partial charge in [-0.3, -0.25) is 14.4 Å². The standard InChI is InChI=1S/C16H19NO4/c1-14(2)15(3)6-7-16(14,12(19)11(15)18)13(20)17-9-10-5-4-8-21-10/h4-5,8H,6-7,9H2,1-3H3,(H,17,20). The van der Waals surface area contributed by atoms with Gasteiger partial charge in [-0.25, -0.2) is 0 Å². The topological polar surface area (TPSA) is 76.4 Å². The Balaban J connectivity index is 1.91. The van der Waals surface area contributed by atoms with Crippen LogP contribution in [0.15, 0.2) is 22.8 Å². The molecule has 2 fully saturated rings. The van der Waals surface area contributed by atoms with E-state index in [1.807, 2.05) is 20.8 Å². The molecular weight excluding hydrogens is 270 g/mol. The molecule has 2 aliphatic rings. The molecule has 2 saturated carbocycles. The van der Waals surface area contributed by atoms with Gasteiger partial charge in [-0.15, -0.1) is 0 Å². The van der Waals surface area contributed by atoms with Gasteiger partial charge >= 0.3 is 0 Å². The molecule has 112 valence electrons. The lowest BCUT2D eigenvalue weighted by atomic mass is 9.64. The number of carbonyl (C=O) groups is 3. The van der Waals surface area contributed by atoms with Crippen LogP contribution in [0.3, 0.4) is 0 Å². The average Bonchev–Trinajstić information content (AvgIpc) is 3.04. The molecule has 0 aliphatic heterocycles. The number of amides is 1. The molecule has 1 heterocycles. The number of carbonyl (C=O) groups excluding carboxylic acids is 3. The van der Waals surface area contributed by atoms with Crippen LogP contribution in [-0.2, 0) is 20.9 Å². The highest BCUT2D eigenvalue weighted by Gasteiger charge is 2.77. The van der Waals surface area contributed by atoms with Crippen LogP contribution in [0.1, 0.15) is 39.4 Å². The average molecular weight is 289 g/mol. The fourth-order valence-electron chi connectivity index (χ4n) is 4.00. The molecule has 2 bridgehead atoms. The lowest BCUT2D eigenvalue weighted by Crippen LogP contribution is -2.50. The van der Waals surface area contributed by atoms with Crippen molar-refractivity contribution in [3.05, 3.63) is 24.2 Å². The van der Waals surface area contributed by atoms with E-state index in [-0.39, 0.29) is 12.5 Å². The van der Waals surface area contributed by atoms with Crippen LogP contribution in [0.4, 0.5) is 0 Å². The third-order valence-corrected chi connectivity index (χ3v) is 5.93. The van der Waals surface area contributed by atoms with Crippen molar-refractivity contribution < 1.29 is 18.8 Å². The summed E-state index contributed by atoms with van der Waals surface area (Å²) in [5.74, 6) is -0.663. The summed E-state index contributed by atoms with van der Waals surface area (Å²) in [6, 6.07) is 3.49.